The van der Waals surface area contributed by atoms with E-state index < -0.39 is 5.97 Å². The second-order valence-electron chi connectivity index (χ2n) is 8.52. The van der Waals surface area contributed by atoms with E-state index in [0.29, 0.717) is 50.1 Å². The maximum absolute atomic E-state index is 12.5. The molecule has 0 radical (unpaired) electrons. The van der Waals surface area contributed by atoms with Gasteiger partial charge in [0.25, 0.3) is 0 Å². The summed E-state index contributed by atoms with van der Waals surface area (Å²) < 4.78 is 27.1. The largest absolute Gasteiger partial charge is 0.491 e. The molecule has 3 rings (SSSR count). The van der Waals surface area contributed by atoms with Crippen LogP contribution in [0, 0.1) is 0 Å². The van der Waals surface area contributed by atoms with E-state index in [2.05, 4.69) is 14.6 Å². The number of rotatable bonds is 16. The lowest BCUT2D eigenvalue weighted by Gasteiger charge is -2.10. The monoisotopic (exact) mass is 553 g/mol. The molecule has 0 saturated carbocycles. The van der Waals surface area contributed by atoms with Gasteiger partial charge in [-0.3, -0.25) is 4.79 Å². The number of carbonyl (C=O) groups is 2. The number of ether oxygens (including phenoxy) is 5. The summed E-state index contributed by atoms with van der Waals surface area (Å²) >= 11 is 0. The Morgan fingerprint density at radius 1 is 0.744 bits per heavy atom. The normalized spacial score (nSPS) is 11.5. The maximum Gasteiger partial charge on any atom is 0.343 e. The molecule has 0 spiro atoms. The second kappa shape index (κ2) is 16.5. The summed E-state index contributed by atoms with van der Waals surface area (Å²) in [6.45, 7) is 4.05. The van der Waals surface area contributed by atoms with Crippen LogP contribution in [0.2, 0.25) is 0 Å². The maximum atomic E-state index is 12.5. The zero-order valence-corrected chi connectivity index (χ0v) is 23.5. The van der Waals surface area contributed by atoms with Crippen molar-refractivity contribution in [3.8, 4) is 22.6 Å². The molecule has 0 fully saturated rings. The topological polar surface area (TPSA) is 92.3 Å². The Morgan fingerprint density at radius 3 is 1.87 bits per heavy atom. The first kappa shape index (κ1) is 30.1. The predicted molar refractivity (Wildman–Crippen MR) is 155 cm³/mol. The molecule has 8 nitrogen and oxygen atoms in total. The highest BCUT2D eigenvalue weighted by Crippen LogP contribution is 2.24. The smallest absolute Gasteiger partial charge is 0.343 e. The number of benzene rings is 3. The van der Waals surface area contributed by atoms with Crippen LogP contribution in [-0.4, -0.2) is 64.3 Å². The quantitative estimate of drug-likeness (QED) is 0.112. The van der Waals surface area contributed by atoms with E-state index >= 15 is 0 Å². The third kappa shape index (κ3) is 10.3. The molecule has 9 heteroatoms. The Bertz CT molecular complexity index is 1150. The Hall–Kier alpha value is -3.45. The molecule has 0 bridgehead atoms. The summed E-state index contributed by atoms with van der Waals surface area (Å²) in [5.74, 6) is 0.427. The molecule has 0 heterocycles. The number of hydrogen-bond acceptors (Lipinski definition) is 8. The van der Waals surface area contributed by atoms with Gasteiger partial charge in [-0.15, -0.1) is 9.24 Å². The van der Waals surface area contributed by atoms with Gasteiger partial charge in [-0.25, -0.2) is 4.79 Å². The second-order valence-corrected chi connectivity index (χ2v) is 9.33. The first-order valence-corrected chi connectivity index (χ1v) is 13.6. The SMILES string of the molecule is CCC(P)C(=O)OCCOCCOCCOc1ccc(C(=O)Oc2ccc(-c3ccc(NC)cc3)cc2)cc1. The fraction of sp³-hybridized carbons (Fsp3) is 0.333. The van der Waals surface area contributed by atoms with Crippen molar-refractivity contribution in [2.45, 2.75) is 19.0 Å². The van der Waals surface area contributed by atoms with Gasteiger partial charge in [-0.1, -0.05) is 31.2 Å². The van der Waals surface area contributed by atoms with Crippen molar-refractivity contribution in [3.63, 3.8) is 0 Å². The van der Waals surface area contributed by atoms with E-state index in [4.69, 9.17) is 23.7 Å². The highest BCUT2D eigenvalue weighted by molar-refractivity contribution is 7.19. The van der Waals surface area contributed by atoms with Gasteiger partial charge in [-0.05, 0) is 66.1 Å². The molecule has 0 saturated heterocycles. The zero-order valence-electron chi connectivity index (χ0n) is 22.4. The first-order chi connectivity index (χ1) is 19.0. The summed E-state index contributed by atoms with van der Waals surface area (Å²) in [6.07, 6.45) is 0.723. The molecule has 0 aliphatic heterocycles. The standard InChI is InChI=1S/C30H36NO7P/c1-3-28(39)30(33)37-21-19-35-17-16-34-18-20-36-26-12-8-24(9-13-26)29(32)38-27-14-6-23(7-15-27)22-4-10-25(31-2)11-5-22/h4-15,28,31H,3,16-21,39H2,1-2H3. The van der Waals surface area contributed by atoms with Crippen molar-refractivity contribution in [1.29, 1.82) is 0 Å². The van der Waals surface area contributed by atoms with Gasteiger partial charge in [-0.2, -0.15) is 0 Å². The van der Waals surface area contributed by atoms with E-state index in [9.17, 15) is 9.59 Å². The average Bonchev–Trinajstić information content (AvgIpc) is 2.98. The lowest BCUT2D eigenvalue weighted by atomic mass is 10.1. The van der Waals surface area contributed by atoms with E-state index in [0.717, 1.165) is 23.2 Å². The molecule has 2 atom stereocenters. The number of anilines is 1. The Kier molecular flexibility index (Phi) is 12.7. The fourth-order valence-electron chi connectivity index (χ4n) is 3.41. The van der Waals surface area contributed by atoms with E-state index in [1.807, 2.05) is 50.4 Å². The molecule has 0 aromatic heterocycles. The van der Waals surface area contributed by atoms with Gasteiger partial charge >= 0.3 is 11.9 Å². The first-order valence-electron chi connectivity index (χ1n) is 12.9. The minimum Gasteiger partial charge on any atom is -0.491 e. The number of hydrogen-bond donors (Lipinski definition) is 1. The third-order valence-electron chi connectivity index (χ3n) is 5.74. The molecule has 3 aromatic carbocycles. The van der Waals surface area contributed by atoms with Crippen molar-refractivity contribution in [1.82, 2.24) is 0 Å². The number of esters is 2. The highest BCUT2D eigenvalue weighted by Gasteiger charge is 2.11. The van der Waals surface area contributed by atoms with Crippen LogP contribution in [0.15, 0.2) is 72.8 Å². The summed E-state index contributed by atoms with van der Waals surface area (Å²) in [5.41, 5.74) is 3.42. The van der Waals surface area contributed by atoms with Crippen molar-refractivity contribution in [2.75, 3.05) is 52.0 Å². The van der Waals surface area contributed by atoms with Gasteiger partial charge in [0.05, 0.1) is 37.6 Å². The van der Waals surface area contributed by atoms with Crippen LogP contribution in [0.5, 0.6) is 11.5 Å². The van der Waals surface area contributed by atoms with Gasteiger partial charge < -0.3 is 29.0 Å². The summed E-state index contributed by atoms with van der Waals surface area (Å²) in [7, 11) is 4.35. The van der Waals surface area contributed by atoms with E-state index in [-0.39, 0.29) is 18.2 Å². The zero-order chi connectivity index (χ0) is 27.9. The summed E-state index contributed by atoms with van der Waals surface area (Å²) in [4.78, 5) is 24.1. The van der Waals surface area contributed by atoms with Crippen LogP contribution in [0.1, 0.15) is 23.7 Å². The van der Waals surface area contributed by atoms with Crippen molar-refractivity contribution < 1.29 is 33.3 Å². The summed E-state index contributed by atoms with van der Waals surface area (Å²) in [6, 6.07) is 22.3. The Labute approximate surface area is 232 Å². The van der Waals surface area contributed by atoms with Crippen molar-refractivity contribution in [3.05, 3.63) is 78.4 Å². The lowest BCUT2D eigenvalue weighted by Crippen LogP contribution is -2.19. The van der Waals surface area contributed by atoms with Crippen LogP contribution in [0.25, 0.3) is 11.1 Å². The summed E-state index contributed by atoms with van der Waals surface area (Å²) in [5, 5.41) is 3.10. The van der Waals surface area contributed by atoms with Crippen LogP contribution in [0.4, 0.5) is 5.69 Å². The van der Waals surface area contributed by atoms with Crippen molar-refractivity contribution in [2.24, 2.45) is 0 Å². The van der Waals surface area contributed by atoms with Crippen molar-refractivity contribution >= 4 is 26.9 Å². The van der Waals surface area contributed by atoms with Gasteiger partial charge in [0.1, 0.15) is 24.7 Å². The minimum absolute atomic E-state index is 0.172. The van der Waals surface area contributed by atoms with Crippen LogP contribution in [0.3, 0.4) is 0 Å². The van der Waals surface area contributed by atoms with Crippen LogP contribution < -0.4 is 14.8 Å². The third-order valence-corrected chi connectivity index (χ3v) is 6.49. The highest BCUT2D eigenvalue weighted by atomic mass is 31.0. The Morgan fingerprint density at radius 2 is 1.28 bits per heavy atom. The molecular weight excluding hydrogens is 517 g/mol. The minimum atomic E-state index is -0.440. The molecule has 39 heavy (non-hydrogen) atoms. The number of nitrogens with one attached hydrogen (secondary N) is 1. The molecular formula is C30H36NO7P. The molecule has 0 aliphatic carbocycles. The molecule has 0 aliphatic rings. The van der Waals surface area contributed by atoms with Crippen LogP contribution in [-0.2, 0) is 19.0 Å². The van der Waals surface area contributed by atoms with Crippen LogP contribution >= 0.6 is 9.24 Å². The predicted octanol–water partition coefficient (Wildman–Crippen LogP) is 5.22. The lowest BCUT2D eigenvalue weighted by molar-refractivity contribution is -0.144. The van der Waals surface area contributed by atoms with Gasteiger partial charge in [0.2, 0.25) is 0 Å². The van der Waals surface area contributed by atoms with E-state index in [1.165, 1.54) is 0 Å². The number of carbonyl (C=O) groups excluding carboxylic acids is 2. The molecule has 3 aromatic rings. The van der Waals surface area contributed by atoms with Gasteiger partial charge in [0.15, 0.2) is 0 Å². The van der Waals surface area contributed by atoms with Gasteiger partial charge in [0, 0.05) is 12.7 Å². The molecule has 1 N–H and O–H groups in total. The Balaban J connectivity index is 1.30. The van der Waals surface area contributed by atoms with E-state index in [1.54, 1.807) is 36.4 Å². The molecule has 0 amide bonds. The average molecular weight is 554 g/mol. The molecule has 2 unspecified atom stereocenters. The molecule has 208 valence electrons. The fourth-order valence-corrected chi connectivity index (χ4v) is 3.51.